The van der Waals surface area contributed by atoms with Crippen molar-refractivity contribution in [2.75, 3.05) is 24.7 Å². The van der Waals surface area contributed by atoms with Gasteiger partial charge >= 0.3 is 0 Å². The summed E-state index contributed by atoms with van der Waals surface area (Å²) in [6, 6.07) is 14.2. The van der Waals surface area contributed by atoms with Gasteiger partial charge in [0, 0.05) is 20.6 Å². The quantitative estimate of drug-likeness (QED) is 0.817. The minimum Gasteiger partial charge on any atom is -0.337 e. The maximum atomic E-state index is 12.6. The first-order valence-electron chi connectivity index (χ1n) is 7.23. The molecule has 0 atom stereocenters. The summed E-state index contributed by atoms with van der Waals surface area (Å²) in [6.45, 7) is 0.459. The van der Waals surface area contributed by atoms with Gasteiger partial charge in [-0.3, -0.25) is 9.10 Å². The fourth-order valence-corrected chi connectivity index (χ4v) is 2.95. The second-order valence-electron chi connectivity index (χ2n) is 5.54. The van der Waals surface area contributed by atoms with E-state index in [0.29, 0.717) is 17.8 Å². The minimum absolute atomic E-state index is 0.216. The minimum atomic E-state index is -3.38. The van der Waals surface area contributed by atoms with E-state index in [0.717, 1.165) is 16.1 Å². The second kappa shape index (κ2) is 7.23. The number of nitrogens with zero attached hydrogens (tertiary/aromatic N) is 2. The van der Waals surface area contributed by atoms with Crippen LogP contribution in [0.2, 0.25) is 5.02 Å². The normalized spacial score (nSPS) is 11.2. The summed E-state index contributed by atoms with van der Waals surface area (Å²) >= 11 is 6.20. The summed E-state index contributed by atoms with van der Waals surface area (Å²) in [4.78, 5) is 14.1. The number of halogens is 1. The predicted octanol–water partition coefficient (Wildman–Crippen LogP) is 3.01. The summed E-state index contributed by atoms with van der Waals surface area (Å²) in [5.41, 5.74) is 1.75. The first kappa shape index (κ1) is 18.3. The smallest absolute Gasteiger partial charge is 0.255 e. The van der Waals surface area contributed by atoms with Crippen molar-refractivity contribution in [1.29, 1.82) is 0 Å². The van der Waals surface area contributed by atoms with Crippen LogP contribution in [0.1, 0.15) is 15.9 Å². The van der Waals surface area contributed by atoms with Crippen molar-refractivity contribution >= 4 is 33.2 Å². The van der Waals surface area contributed by atoms with E-state index in [1.807, 2.05) is 30.3 Å². The van der Waals surface area contributed by atoms with Gasteiger partial charge in [0.1, 0.15) is 0 Å². The molecule has 2 aromatic carbocycles. The standard InChI is InChI=1S/C17H19ClN2O3S/c1-19(12-13-7-5-4-6-8-13)17(21)15-10-9-14(11-16(15)18)20(2)24(3,22)23/h4-11H,12H2,1-3H3. The molecule has 0 aliphatic heterocycles. The van der Waals surface area contributed by atoms with Crippen LogP contribution in [-0.2, 0) is 16.6 Å². The molecule has 0 aromatic heterocycles. The van der Waals surface area contributed by atoms with E-state index < -0.39 is 10.0 Å². The van der Waals surface area contributed by atoms with Crippen molar-refractivity contribution in [1.82, 2.24) is 4.90 Å². The molecule has 0 bridgehead atoms. The van der Waals surface area contributed by atoms with Crippen molar-refractivity contribution < 1.29 is 13.2 Å². The fraction of sp³-hybridized carbons (Fsp3) is 0.235. The summed E-state index contributed by atoms with van der Waals surface area (Å²) in [6.07, 6.45) is 1.10. The first-order valence-corrected chi connectivity index (χ1v) is 9.45. The van der Waals surface area contributed by atoms with Gasteiger partial charge in [-0.1, -0.05) is 41.9 Å². The fourth-order valence-electron chi connectivity index (χ4n) is 2.20. The van der Waals surface area contributed by atoms with E-state index in [1.165, 1.54) is 13.1 Å². The largest absolute Gasteiger partial charge is 0.337 e. The lowest BCUT2D eigenvalue weighted by Crippen LogP contribution is -2.27. The molecule has 2 aromatic rings. The molecular weight excluding hydrogens is 348 g/mol. The zero-order valence-electron chi connectivity index (χ0n) is 13.7. The average Bonchev–Trinajstić information content (AvgIpc) is 2.53. The Balaban J connectivity index is 2.21. The van der Waals surface area contributed by atoms with Crippen molar-refractivity contribution in [3.63, 3.8) is 0 Å². The van der Waals surface area contributed by atoms with Crippen LogP contribution in [0.4, 0.5) is 5.69 Å². The Bertz CT molecular complexity index is 838. The lowest BCUT2D eigenvalue weighted by molar-refractivity contribution is 0.0785. The van der Waals surface area contributed by atoms with Crippen molar-refractivity contribution in [3.8, 4) is 0 Å². The molecule has 5 nitrogen and oxygen atoms in total. The lowest BCUT2D eigenvalue weighted by Gasteiger charge is -2.20. The Morgan fingerprint density at radius 3 is 2.25 bits per heavy atom. The lowest BCUT2D eigenvalue weighted by atomic mass is 10.1. The number of carbonyl (C=O) groups excluding carboxylic acids is 1. The molecule has 24 heavy (non-hydrogen) atoms. The van der Waals surface area contributed by atoms with Gasteiger partial charge < -0.3 is 4.90 Å². The monoisotopic (exact) mass is 366 g/mol. The molecule has 0 saturated carbocycles. The maximum absolute atomic E-state index is 12.6. The van der Waals surface area contributed by atoms with Crippen LogP contribution in [-0.4, -0.2) is 39.6 Å². The molecule has 0 saturated heterocycles. The van der Waals surface area contributed by atoms with Crippen LogP contribution in [0.25, 0.3) is 0 Å². The van der Waals surface area contributed by atoms with Crippen molar-refractivity contribution in [3.05, 3.63) is 64.7 Å². The van der Waals surface area contributed by atoms with E-state index in [1.54, 1.807) is 24.1 Å². The summed E-state index contributed by atoms with van der Waals surface area (Å²) in [5.74, 6) is -0.225. The molecule has 0 spiro atoms. The van der Waals surface area contributed by atoms with Gasteiger partial charge in [0.15, 0.2) is 0 Å². The zero-order chi connectivity index (χ0) is 17.9. The Labute approximate surface area is 147 Å². The topological polar surface area (TPSA) is 57.7 Å². The molecule has 0 aliphatic rings. The SMILES string of the molecule is CN(Cc1ccccc1)C(=O)c1ccc(N(C)S(C)(=O)=O)cc1Cl. The molecule has 0 unspecified atom stereocenters. The predicted molar refractivity (Wildman–Crippen MR) is 96.9 cm³/mol. The van der Waals surface area contributed by atoms with Crippen LogP contribution in [0.15, 0.2) is 48.5 Å². The summed E-state index contributed by atoms with van der Waals surface area (Å²) < 4.78 is 24.3. The number of carbonyl (C=O) groups is 1. The highest BCUT2D eigenvalue weighted by Crippen LogP contribution is 2.25. The molecular formula is C17H19ClN2O3S. The molecule has 7 heteroatoms. The number of amides is 1. The highest BCUT2D eigenvalue weighted by Gasteiger charge is 2.18. The number of hydrogen-bond acceptors (Lipinski definition) is 3. The molecule has 0 aliphatic carbocycles. The Hall–Kier alpha value is -2.05. The van der Waals surface area contributed by atoms with E-state index >= 15 is 0 Å². The van der Waals surface area contributed by atoms with Crippen LogP contribution in [0.3, 0.4) is 0 Å². The number of rotatable bonds is 5. The highest BCUT2D eigenvalue weighted by atomic mass is 35.5. The van der Waals surface area contributed by atoms with Crippen molar-refractivity contribution in [2.24, 2.45) is 0 Å². The number of sulfonamides is 1. The first-order chi connectivity index (χ1) is 11.2. The molecule has 0 N–H and O–H groups in total. The third-order valence-electron chi connectivity index (χ3n) is 3.65. The Morgan fingerprint density at radius 2 is 1.71 bits per heavy atom. The second-order valence-corrected chi connectivity index (χ2v) is 7.96. The number of anilines is 1. The van der Waals surface area contributed by atoms with E-state index in [2.05, 4.69) is 0 Å². The van der Waals surface area contributed by atoms with Crippen LogP contribution in [0, 0.1) is 0 Å². The maximum Gasteiger partial charge on any atom is 0.255 e. The zero-order valence-corrected chi connectivity index (χ0v) is 15.3. The Kier molecular flexibility index (Phi) is 5.51. The molecule has 2 rings (SSSR count). The van der Waals surface area contributed by atoms with Gasteiger partial charge in [0.2, 0.25) is 10.0 Å². The van der Waals surface area contributed by atoms with Crippen molar-refractivity contribution in [2.45, 2.75) is 6.54 Å². The van der Waals surface area contributed by atoms with Crippen LogP contribution < -0.4 is 4.31 Å². The van der Waals surface area contributed by atoms with Gasteiger partial charge in [-0.25, -0.2) is 8.42 Å². The van der Waals surface area contributed by atoms with Crippen LogP contribution >= 0.6 is 11.6 Å². The van der Waals surface area contributed by atoms with Gasteiger partial charge in [-0.05, 0) is 23.8 Å². The molecule has 128 valence electrons. The van der Waals surface area contributed by atoms with Gasteiger partial charge in [-0.2, -0.15) is 0 Å². The van der Waals surface area contributed by atoms with Gasteiger partial charge in [0.25, 0.3) is 5.91 Å². The third kappa shape index (κ3) is 4.27. The van der Waals surface area contributed by atoms with E-state index in [-0.39, 0.29) is 10.9 Å². The average molecular weight is 367 g/mol. The number of benzene rings is 2. The number of hydrogen-bond donors (Lipinski definition) is 0. The van der Waals surface area contributed by atoms with Gasteiger partial charge in [0.05, 0.1) is 22.5 Å². The van der Waals surface area contributed by atoms with Gasteiger partial charge in [-0.15, -0.1) is 0 Å². The highest BCUT2D eigenvalue weighted by molar-refractivity contribution is 7.92. The Morgan fingerprint density at radius 1 is 1.08 bits per heavy atom. The molecule has 0 radical (unpaired) electrons. The van der Waals surface area contributed by atoms with E-state index in [9.17, 15) is 13.2 Å². The summed E-state index contributed by atoms with van der Waals surface area (Å²) in [5, 5.41) is 0.216. The summed E-state index contributed by atoms with van der Waals surface area (Å²) in [7, 11) is -0.252. The molecule has 1 amide bonds. The third-order valence-corrected chi connectivity index (χ3v) is 5.17. The van der Waals surface area contributed by atoms with Crippen LogP contribution in [0.5, 0.6) is 0 Å². The molecule has 0 fully saturated rings. The molecule has 0 heterocycles. The van der Waals surface area contributed by atoms with E-state index in [4.69, 9.17) is 11.6 Å².